The maximum atomic E-state index is 11.6. The van der Waals surface area contributed by atoms with Gasteiger partial charge in [-0.25, -0.2) is 0 Å². The minimum absolute atomic E-state index is 0.111. The minimum atomic E-state index is -0.528. The Hall–Kier alpha value is -0.520. The summed E-state index contributed by atoms with van der Waals surface area (Å²) in [6.07, 6.45) is 5.47. The van der Waals surface area contributed by atoms with Crippen LogP contribution in [0.4, 0.5) is 5.69 Å². The van der Waals surface area contributed by atoms with Crippen LogP contribution in [0, 0.1) is 5.92 Å². The average molecular weight is 341 g/mol. The van der Waals surface area contributed by atoms with Gasteiger partial charge in [0.2, 0.25) is 5.91 Å². The lowest BCUT2D eigenvalue weighted by Gasteiger charge is -2.11. The predicted octanol–water partition coefficient (Wildman–Crippen LogP) is 3.68. The third-order valence-corrected chi connectivity index (χ3v) is 6.13. The molecule has 1 unspecified atom stereocenters. The quantitative estimate of drug-likeness (QED) is 0.825. The summed E-state index contributed by atoms with van der Waals surface area (Å²) in [6.45, 7) is 0. The van der Waals surface area contributed by atoms with Crippen LogP contribution in [0.25, 0.3) is 0 Å². The van der Waals surface area contributed by atoms with Gasteiger partial charge in [-0.1, -0.05) is 12.8 Å². The molecule has 1 fully saturated rings. The molecule has 1 aromatic rings. The largest absolute Gasteiger partial charge is 0.324 e. The van der Waals surface area contributed by atoms with Crippen molar-refractivity contribution < 1.29 is 4.79 Å². The fourth-order valence-electron chi connectivity index (χ4n) is 2.78. The lowest BCUT2D eigenvalue weighted by Crippen LogP contribution is -2.19. The molecule has 0 saturated heterocycles. The van der Waals surface area contributed by atoms with Crippen LogP contribution in [0.3, 0.4) is 0 Å². The average Bonchev–Trinajstić information content (AvgIpc) is 2.98. The fourth-order valence-corrected chi connectivity index (χ4v) is 4.63. The molecule has 1 aliphatic carbocycles. The number of carbonyl (C=O) groups is 1. The van der Waals surface area contributed by atoms with Gasteiger partial charge in [0.15, 0.2) is 0 Å². The van der Waals surface area contributed by atoms with Gasteiger partial charge in [-0.3, -0.25) is 4.79 Å². The Kier molecular flexibility index (Phi) is 3.87. The lowest BCUT2D eigenvalue weighted by molar-refractivity contribution is -0.116. The van der Waals surface area contributed by atoms with E-state index < -0.39 is 6.04 Å². The van der Waals surface area contributed by atoms with Crippen molar-refractivity contribution in [3.8, 4) is 0 Å². The van der Waals surface area contributed by atoms with Crippen molar-refractivity contribution in [1.29, 1.82) is 0 Å². The maximum Gasteiger partial charge on any atom is 0.245 e. The predicted molar refractivity (Wildman–Crippen MR) is 82.4 cm³/mol. The Morgan fingerprint density at radius 1 is 1.37 bits per heavy atom. The summed E-state index contributed by atoms with van der Waals surface area (Å²) in [5.74, 6) is 1.90. The van der Waals surface area contributed by atoms with E-state index in [2.05, 4.69) is 21.2 Å². The van der Waals surface area contributed by atoms with E-state index in [0.717, 1.165) is 27.4 Å². The van der Waals surface area contributed by atoms with Gasteiger partial charge < -0.3 is 11.1 Å². The summed E-state index contributed by atoms with van der Waals surface area (Å²) in [5.41, 5.74) is 7.60. The molecule has 0 aromatic heterocycles. The van der Waals surface area contributed by atoms with Gasteiger partial charge in [-0.2, -0.15) is 0 Å². The van der Waals surface area contributed by atoms with E-state index in [4.69, 9.17) is 5.73 Å². The van der Waals surface area contributed by atoms with E-state index in [1.54, 1.807) is 0 Å². The Morgan fingerprint density at radius 3 is 2.84 bits per heavy atom. The molecule has 1 amide bonds. The van der Waals surface area contributed by atoms with Crippen LogP contribution in [0.5, 0.6) is 0 Å². The molecule has 102 valence electrons. The number of benzene rings is 1. The summed E-state index contributed by atoms with van der Waals surface area (Å²) in [4.78, 5) is 12.8. The van der Waals surface area contributed by atoms with Crippen LogP contribution in [-0.4, -0.2) is 11.7 Å². The van der Waals surface area contributed by atoms with Crippen molar-refractivity contribution in [3.05, 3.63) is 22.2 Å². The van der Waals surface area contributed by atoms with E-state index in [9.17, 15) is 4.79 Å². The molecule has 2 aliphatic rings. The second-order valence-electron chi connectivity index (χ2n) is 5.30. The normalized spacial score (nSPS) is 22.6. The Balaban J connectivity index is 1.76. The molecule has 0 radical (unpaired) electrons. The van der Waals surface area contributed by atoms with Crippen LogP contribution < -0.4 is 11.1 Å². The van der Waals surface area contributed by atoms with Gasteiger partial charge in [0.05, 0.1) is 0 Å². The summed E-state index contributed by atoms with van der Waals surface area (Å²) >= 11 is 5.47. The summed E-state index contributed by atoms with van der Waals surface area (Å²) in [7, 11) is 0. The number of carbonyl (C=O) groups excluding carboxylic acids is 1. The van der Waals surface area contributed by atoms with Crippen LogP contribution in [-0.2, 0) is 4.79 Å². The van der Waals surface area contributed by atoms with Gasteiger partial charge in [0.1, 0.15) is 6.04 Å². The molecule has 1 atom stereocenters. The van der Waals surface area contributed by atoms with Crippen LogP contribution in [0.15, 0.2) is 21.5 Å². The topological polar surface area (TPSA) is 55.1 Å². The number of halogens is 1. The number of anilines is 1. The zero-order chi connectivity index (χ0) is 13.4. The van der Waals surface area contributed by atoms with E-state index >= 15 is 0 Å². The Morgan fingerprint density at radius 2 is 2.11 bits per heavy atom. The maximum absolute atomic E-state index is 11.6. The standard InChI is InChI=1S/C14H17BrN2OS/c15-10-5-9-11(17-14(18)13(9)16)6-12(10)19-7-8-3-1-2-4-8/h5-6,8,13H,1-4,7,16H2,(H,17,18). The highest BCUT2D eigenvalue weighted by molar-refractivity contribution is 9.10. The first-order valence-electron chi connectivity index (χ1n) is 6.68. The molecule has 3 N–H and O–H groups in total. The van der Waals surface area contributed by atoms with Crippen molar-refractivity contribution in [2.45, 2.75) is 36.6 Å². The highest BCUT2D eigenvalue weighted by Crippen LogP contribution is 2.40. The number of hydrogen-bond acceptors (Lipinski definition) is 3. The summed E-state index contributed by atoms with van der Waals surface area (Å²) < 4.78 is 1.04. The molecule has 5 heteroatoms. The number of fused-ring (bicyclic) bond motifs is 1. The first-order valence-corrected chi connectivity index (χ1v) is 8.45. The summed E-state index contributed by atoms with van der Waals surface area (Å²) in [6, 6.07) is 3.50. The molecular formula is C14H17BrN2OS. The van der Waals surface area contributed by atoms with E-state index in [1.165, 1.54) is 30.6 Å². The second-order valence-corrected chi connectivity index (χ2v) is 7.21. The second kappa shape index (κ2) is 5.46. The van der Waals surface area contributed by atoms with Crippen LogP contribution >= 0.6 is 27.7 Å². The minimum Gasteiger partial charge on any atom is -0.324 e. The van der Waals surface area contributed by atoms with Crippen molar-refractivity contribution in [1.82, 2.24) is 0 Å². The van der Waals surface area contributed by atoms with Crippen molar-refractivity contribution >= 4 is 39.3 Å². The van der Waals surface area contributed by atoms with Gasteiger partial charge in [-0.05, 0) is 46.8 Å². The van der Waals surface area contributed by atoms with Gasteiger partial charge in [0, 0.05) is 26.4 Å². The van der Waals surface area contributed by atoms with E-state index in [0.29, 0.717) is 0 Å². The van der Waals surface area contributed by atoms with E-state index in [-0.39, 0.29) is 5.91 Å². The Labute approximate surface area is 125 Å². The number of nitrogens with two attached hydrogens (primary N) is 1. The molecule has 3 rings (SSSR count). The van der Waals surface area contributed by atoms with E-state index in [1.807, 2.05) is 23.9 Å². The monoisotopic (exact) mass is 340 g/mol. The molecule has 1 aromatic carbocycles. The van der Waals surface area contributed by atoms with Crippen LogP contribution in [0.1, 0.15) is 37.3 Å². The molecule has 0 bridgehead atoms. The highest BCUT2D eigenvalue weighted by atomic mass is 79.9. The van der Waals surface area contributed by atoms with Crippen molar-refractivity contribution in [2.24, 2.45) is 11.7 Å². The SMILES string of the molecule is NC1C(=O)Nc2cc(SCC3CCCC3)c(Br)cc21. The lowest BCUT2D eigenvalue weighted by atomic mass is 10.1. The number of rotatable bonds is 3. The van der Waals surface area contributed by atoms with Gasteiger partial charge in [0.25, 0.3) is 0 Å². The zero-order valence-electron chi connectivity index (χ0n) is 10.6. The highest BCUT2D eigenvalue weighted by Gasteiger charge is 2.28. The van der Waals surface area contributed by atoms with Crippen LogP contribution in [0.2, 0.25) is 0 Å². The van der Waals surface area contributed by atoms with Crippen molar-refractivity contribution in [3.63, 3.8) is 0 Å². The molecule has 3 nitrogen and oxygen atoms in total. The van der Waals surface area contributed by atoms with Gasteiger partial charge in [-0.15, -0.1) is 11.8 Å². The smallest absolute Gasteiger partial charge is 0.245 e. The number of thioether (sulfide) groups is 1. The third-order valence-electron chi connectivity index (χ3n) is 3.93. The molecule has 19 heavy (non-hydrogen) atoms. The number of nitrogens with one attached hydrogen (secondary N) is 1. The molecular weight excluding hydrogens is 324 g/mol. The number of amides is 1. The third kappa shape index (κ3) is 2.69. The first kappa shape index (κ1) is 13.5. The first-order chi connectivity index (χ1) is 9.15. The van der Waals surface area contributed by atoms with Crippen molar-refractivity contribution in [2.75, 3.05) is 11.1 Å². The molecule has 1 aliphatic heterocycles. The molecule has 1 saturated carbocycles. The van der Waals surface area contributed by atoms with Gasteiger partial charge >= 0.3 is 0 Å². The summed E-state index contributed by atoms with van der Waals surface area (Å²) in [5, 5.41) is 2.84. The zero-order valence-corrected chi connectivity index (χ0v) is 13.0. The molecule has 1 heterocycles. The Bertz CT molecular complexity index is 514. The molecule has 0 spiro atoms. The number of hydrogen-bond donors (Lipinski definition) is 2. The fraction of sp³-hybridized carbons (Fsp3) is 0.500.